The summed E-state index contributed by atoms with van der Waals surface area (Å²) < 4.78 is 5.11. The number of hydrogen-bond acceptors (Lipinski definition) is 6. The number of amides is 3. The third-order valence-corrected chi connectivity index (χ3v) is 4.08. The summed E-state index contributed by atoms with van der Waals surface area (Å²) in [5.74, 6) is -2.18. The molecule has 0 aromatic heterocycles. The zero-order valence-electron chi connectivity index (χ0n) is 18.4. The van der Waals surface area contributed by atoms with Gasteiger partial charge >= 0.3 is 13.2 Å². The largest absolute Gasteiger partial charge is 0.475 e. The second-order valence-electron chi connectivity index (χ2n) is 8.48. The molecule has 3 atom stereocenters. The van der Waals surface area contributed by atoms with Crippen LogP contribution in [0.4, 0.5) is 4.79 Å². The molecule has 10 nitrogen and oxygen atoms in total. The number of carbonyl (C=O) groups is 3. The summed E-state index contributed by atoms with van der Waals surface area (Å²) in [5, 5.41) is 26.6. The Labute approximate surface area is 180 Å². The average molecular weight is 433 g/mol. The van der Waals surface area contributed by atoms with Crippen molar-refractivity contribution in [1.82, 2.24) is 16.0 Å². The lowest BCUT2D eigenvalue weighted by atomic mass is 9.76. The molecule has 0 aromatic rings. The van der Waals surface area contributed by atoms with E-state index in [2.05, 4.69) is 21.7 Å². The molecule has 0 aromatic carbocycles. The maximum atomic E-state index is 12.6. The van der Waals surface area contributed by atoms with Crippen molar-refractivity contribution < 1.29 is 34.9 Å². The summed E-state index contributed by atoms with van der Waals surface area (Å²) >= 11 is 0. The molecule has 0 spiro atoms. The van der Waals surface area contributed by atoms with Crippen LogP contribution >= 0.6 is 0 Å². The first-order chi connectivity index (χ1) is 13.3. The Balaban J connectivity index is 0. The zero-order valence-corrected chi connectivity index (χ0v) is 18.4. The normalized spacial score (nSPS) is 14.1. The van der Waals surface area contributed by atoms with Crippen molar-refractivity contribution in [3.05, 3.63) is 0 Å². The summed E-state index contributed by atoms with van der Waals surface area (Å²) in [7, 11) is -1.71. The number of unbranched alkanes of at least 4 members (excludes halogenated alkanes) is 1. The van der Waals surface area contributed by atoms with Crippen LogP contribution in [0.3, 0.4) is 0 Å². The van der Waals surface area contributed by atoms with E-state index < -0.39 is 48.7 Å². The van der Waals surface area contributed by atoms with Crippen molar-refractivity contribution in [3.63, 3.8) is 0 Å². The van der Waals surface area contributed by atoms with Gasteiger partial charge in [-0.05, 0) is 52.9 Å². The van der Waals surface area contributed by atoms with Gasteiger partial charge in [0.25, 0.3) is 0 Å². The van der Waals surface area contributed by atoms with Gasteiger partial charge in [0.1, 0.15) is 17.7 Å². The van der Waals surface area contributed by atoms with Gasteiger partial charge in [0.15, 0.2) is 0 Å². The molecule has 0 rings (SSSR count). The van der Waals surface area contributed by atoms with E-state index >= 15 is 0 Å². The smallest absolute Gasteiger partial charge is 0.444 e. The van der Waals surface area contributed by atoms with Gasteiger partial charge in [0.2, 0.25) is 11.8 Å². The van der Waals surface area contributed by atoms with Crippen LogP contribution in [-0.2, 0) is 14.3 Å². The van der Waals surface area contributed by atoms with Gasteiger partial charge in [-0.25, -0.2) is 4.79 Å². The predicted octanol–water partition coefficient (Wildman–Crippen LogP) is -0.414. The highest BCUT2D eigenvalue weighted by molar-refractivity contribution is 6.43. The van der Waals surface area contributed by atoms with Crippen molar-refractivity contribution in [3.8, 4) is 0 Å². The standard InChI is InChI=1S/C18H37BN4O6.CH4/c1-11(2)14(16(25)22-13(19(27)28)9-7-8-10-20)23-15(24)12(3)21-17(26)29-18(4,5)6;/h11-14,27-28H,7-10,20H2,1-6H3,(H,21,26)(H,22,25)(H,23,24);1H4/p+1/t12-,13-,14-;/m0./s1. The molecule has 0 aliphatic rings. The van der Waals surface area contributed by atoms with Crippen molar-refractivity contribution in [2.75, 3.05) is 6.54 Å². The number of rotatable bonds is 11. The van der Waals surface area contributed by atoms with E-state index in [4.69, 9.17) is 4.74 Å². The van der Waals surface area contributed by atoms with Crippen LogP contribution in [0, 0.1) is 5.92 Å². The lowest BCUT2D eigenvalue weighted by Crippen LogP contribution is -2.58. The van der Waals surface area contributed by atoms with E-state index in [1.807, 2.05) is 0 Å². The first-order valence-electron chi connectivity index (χ1n) is 10.0. The van der Waals surface area contributed by atoms with E-state index in [-0.39, 0.29) is 13.3 Å². The van der Waals surface area contributed by atoms with Crippen molar-refractivity contribution in [2.24, 2.45) is 5.92 Å². The minimum atomic E-state index is -1.71. The second-order valence-corrected chi connectivity index (χ2v) is 8.48. The minimum Gasteiger partial charge on any atom is -0.444 e. The highest BCUT2D eigenvalue weighted by Gasteiger charge is 2.32. The molecular weight excluding hydrogens is 391 g/mol. The van der Waals surface area contributed by atoms with Crippen molar-refractivity contribution in [1.29, 1.82) is 0 Å². The third kappa shape index (κ3) is 12.7. The summed E-state index contributed by atoms with van der Waals surface area (Å²) in [6.45, 7) is 10.8. The Morgan fingerprint density at radius 1 is 1.00 bits per heavy atom. The number of nitrogens with one attached hydrogen (secondary N) is 3. The lowest BCUT2D eigenvalue weighted by Gasteiger charge is -2.27. The molecule has 0 saturated heterocycles. The Hall–Kier alpha value is -1.85. The summed E-state index contributed by atoms with van der Waals surface area (Å²) in [4.78, 5) is 36.9. The van der Waals surface area contributed by atoms with E-state index in [1.54, 1.807) is 34.6 Å². The van der Waals surface area contributed by atoms with Gasteiger partial charge in [-0.15, -0.1) is 0 Å². The highest BCUT2D eigenvalue weighted by atomic mass is 16.6. The molecule has 0 heterocycles. The average Bonchev–Trinajstić information content (AvgIpc) is 2.56. The second kappa shape index (κ2) is 14.2. The number of hydrogen-bond donors (Lipinski definition) is 6. The number of ether oxygens (including phenoxy) is 1. The molecule has 0 aliphatic carbocycles. The van der Waals surface area contributed by atoms with Gasteiger partial charge in [-0.3, -0.25) is 9.59 Å². The van der Waals surface area contributed by atoms with Crippen LogP contribution in [0.25, 0.3) is 0 Å². The van der Waals surface area contributed by atoms with Crippen LogP contribution < -0.4 is 21.7 Å². The molecule has 11 heteroatoms. The van der Waals surface area contributed by atoms with Gasteiger partial charge < -0.3 is 36.5 Å². The molecule has 0 saturated carbocycles. The van der Waals surface area contributed by atoms with Crippen molar-refractivity contribution in [2.45, 2.75) is 91.9 Å². The zero-order chi connectivity index (χ0) is 22.8. The van der Waals surface area contributed by atoms with Crippen LogP contribution in [0.15, 0.2) is 0 Å². The lowest BCUT2D eigenvalue weighted by molar-refractivity contribution is -0.368. The van der Waals surface area contributed by atoms with Gasteiger partial charge in [0.05, 0.1) is 12.5 Å². The molecule has 30 heavy (non-hydrogen) atoms. The van der Waals surface area contributed by atoms with Crippen LogP contribution in [0.5, 0.6) is 0 Å². The predicted molar refractivity (Wildman–Crippen MR) is 116 cm³/mol. The molecule has 0 aliphatic heterocycles. The summed E-state index contributed by atoms with van der Waals surface area (Å²) in [6, 6.07) is -1.82. The van der Waals surface area contributed by atoms with Gasteiger partial charge in [-0.2, -0.15) is 0 Å². The fourth-order valence-electron chi connectivity index (χ4n) is 2.47. The summed E-state index contributed by atoms with van der Waals surface area (Å²) in [5.41, 5.74) is 3.03. The van der Waals surface area contributed by atoms with Gasteiger partial charge in [0, 0.05) is 0 Å². The van der Waals surface area contributed by atoms with E-state index in [0.29, 0.717) is 12.8 Å². The molecular formula is C19H42BN4O6+. The first-order valence-corrected chi connectivity index (χ1v) is 10.0. The molecule has 0 fully saturated rings. The molecule has 3 amide bonds. The van der Waals surface area contributed by atoms with E-state index in [1.165, 1.54) is 6.92 Å². The van der Waals surface area contributed by atoms with Crippen molar-refractivity contribution >= 4 is 25.0 Å². The van der Waals surface area contributed by atoms with Crippen LogP contribution in [-0.4, -0.2) is 65.2 Å². The molecule has 0 unspecified atom stereocenters. The van der Waals surface area contributed by atoms with E-state index in [0.717, 1.165) is 13.0 Å². The van der Waals surface area contributed by atoms with Crippen LogP contribution in [0.2, 0.25) is 0 Å². The quantitative estimate of drug-likeness (QED) is 0.191. The molecule has 0 radical (unpaired) electrons. The maximum absolute atomic E-state index is 12.6. The fraction of sp³-hybridized carbons (Fsp3) is 0.842. The van der Waals surface area contributed by atoms with Gasteiger partial charge in [-0.1, -0.05) is 21.3 Å². The third-order valence-electron chi connectivity index (χ3n) is 4.08. The number of quaternary nitrogens is 1. The Bertz CT molecular complexity index is 540. The minimum absolute atomic E-state index is 0. The Morgan fingerprint density at radius 3 is 2.00 bits per heavy atom. The molecule has 0 bridgehead atoms. The first kappa shape index (κ1) is 30.3. The fourth-order valence-corrected chi connectivity index (χ4v) is 2.47. The SMILES string of the molecule is C.CC(C)[C@H](NC(=O)[C@H](C)NC(=O)OC(C)(C)C)C(=O)N[C@@H](CCCC[NH3+])B(O)O. The molecule has 8 N–H and O–H groups in total. The Morgan fingerprint density at radius 2 is 1.57 bits per heavy atom. The molecule has 176 valence electrons. The topological polar surface area (TPSA) is 165 Å². The Kier molecular flexibility index (Phi) is 14.4. The monoisotopic (exact) mass is 433 g/mol. The maximum Gasteiger partial charge on any atom is 0.475 e. The van der Waals surface area contributed by atoms with E-state index in [9.17, 15) is 24.4 Å². The number of alkyl carbamates (subject to hydrolysis) is 1. The summed E-state index contributed by atoms with van der Waals surface area (Å²) in [6.07, 6.45) is 1.13. The number of carbonyl (C=O) groups excluding carboxylic acids is 3. The highest BCUT2D eigenvalue weighted by Crippen LogP contribution is 2.08. The van der Waals surface area contributed by atoms with Crippen LogP contribution in [0.1, 0.15) is 68.2 Å².